The fraction of sp³-hybridized carbons (Fsp3) is 0.714. The summed E-state index contributed by atoms with van der Waals surface area (Å²) < 4.78 is 0. The zero-order valence-corrected chi connectivity index (χ0v) is 10.9. The summed E-state index contributed by atoms with van der Waals surface area (Å²) in [5.74, 6) is 1.92. The van der Waals surface area contributed by atoms with Crippen molar-refractivity contribution in [2.75, 3.05) is 11.4 Å². The summed E-state index contributed by atoms with van der Waals surface area (Å²) in [4.78, 5) is 2.49. The summed E-state index contributed by atoms with van der Waals surface area (Å²) in [6.07, 6.45) is 8.19. The molecule has 1 aliphatic heterocycles. The van der Waals surface area contributed by atoms with E-state index >= 15 is 0 Å². The highest BCUT2D eigenvalue weighted by Gasteiger charge is 2.33. The number of rotatable bonds is 2. The van der Waals surface area contributed by atoms with Crippen LogP contribution < -0.4 is 10.6 Å². The second kappa shape index (κ2) is 5.22. The maximum Gasteiger partial charge on any atom is 0.151 e. The van der Waals surface area contributed by atoms with Crippen molar-refractivity contribution in [1.29, 1.82) is 0 Å². The number of aromatic nitrogens is 2. The second-order valence-electron chi connectivity index (χ2n) is 5.53. The van der Waals surface area contributed by atoms with Gasteiger partial charge in [-0.1, -0.05) is 12.8 Å². The highest BCUT2D eigenvalue weighted by Crippen LogP contribution is 2.36. The molecule has 0 aromatic carbocycles. The number of nitrogens with zero attached hydrogens (tertiary/aromatic N) is 3. The lowest BCUT2D eigenvalue weighted by atomic mass is 9.78. The lowest BCUT2D eigenvalue weighted by Crippen LogP contribution is -2.47. The van der Waals surface area contributed by atoms with Gasteiger partial charge in [0.15, 0.2) is 5.82 Å². The highest BCUT2D eigenvalue weighted by atomic mass is 15.3. The molecule has 4 heteroatoms. The maximum absolute atomic E-state index is 5.57. The molecule has 4 nitrogen and oxygen atoms in total. The molecule has 2 atom stereocenters. The molecule has 1 saturated carbocycles. The Morgan fingerprint density at radius 2 is 1.94 bits per heavy atom. The second-order valence-corrected chi connectivity index (χ2v) is 5.53. The van der Waals surface area contributed by atoms with Crippen LogP contribution in [0.25, 0.3) is 0 Å². The molecular weight excluding hydrogens is 224 g/mol. The van der Waals surface area contributed by atoms with Gasteiger partial charge in [-0.2, -0.15) is 5.10 Å². The third-order valence-corrected chi connectivity index (χ3v) is 4.45. The van der Waals surface area contributed by atoms with Crippen molar-refractivity contribution in [3.8, 4) is 0 Å². The number of anilines is 1. The van der Waals surface area contributed by atoms with Crippen LogP contribution in [0.5, 0.6) is 0 Å². The number of piperidine rings is 1. The van der Waals surface area contributed by atoms with Gasteiger partial charge in [-0.05, 0) is 43.7 Å². The molecule has 98 valence electrons. The minimum Gasteiger partial charge on any atom is -0.352 e. The first kappa shape index (κ1) is 11.9. The van der Waals surface area contributed by atoms with Crippen molar-refractivity contribution in [1.82, 2.24) is 10.2 Å². The zero-order valence-electron chi connectivity index (χ0n) is 10.9. The minimum atomic E-state index is 0.472. The van der Waals surface area contributed by atoms with Gasteiger partial charge < -0.3 is 10.6 Å². The first-order chi connectivity index (χ1) is 8.88. The van der Waals surface area contributed by atoms with E-state index in [4.69, 9.17) is 5.73 Å². The van der Waals surface area contributed by atoms with Crippen LogP contribution in [-0.4, -0.2) is 22.8 Å². The normalized spacial score (nSPS) is 27.9. The molecule has 0 spiro atoms. The van der Waals surface area contributed by atoms with E-state index in [1.807, 2.05) is 6.07 Å². The Bertz CT molecular complexity index is 387. The van der Waals surface area contributed by atoms with Crippen molar-refractivity contribution >= 4 is 5.82 Å². The average molecular weight is 246 g/mol. The summed E-state index contributed by atoms with van der Waals surface area (Å²) in [7, 11) is 0. The van der Waals surface area contributed by atoms with E-state index in [1.165, 1.54) is 38.5 Å². The van der Waals surface area contributed by atoms with E-state index in [0.717, 1.165) is 24.0 Å². The maximum atomic E-state index is 5.57. The SMILES string of the molecule is NCc1ccc(N2CCC[C@H]3CCCC[C@H]32)nn1. The Kier molecular flexibility index (Phi) is 3.46. The van der Waals surface area contributed by atoms with E-state index in [-0.39, 0.29) is 0 Å². The minimum absolute atomic E-state index is 0.472. The summed E-state index contributed by atoms with van der Waals surface area (Å²) in [5, 5.41) is 8.55. The van der Waals surface area contributed by atoms with E-state index in [9.17, 15) is 0 Å². The van der Waals surface area contributed by atoms with Crippen LogP contribution in [0.2, 0.25) is 0 Å². The standard InChI is InChI=1S/C14H22N4/c15-10-12-7-8-14(17-16-12)18-9-3-5-11-4-1-2-6-13(11)18/h7-8,11,13H,1-6,9-10,15H2/t11-,13-/m1/s1. The molecule has 1 aromatic rings. The van der Waals surface area contributed by atoms with Crippen LogP contribution >= 0.6 is 0 Å². The van der Waals surface area contributed by atoms with E-state index < -0.39 is 0 Å². The first-order valence-electron chi connectivity index (χ1n) is 7.18. The molecule has 18 heavy (non-hydrogen) atoms. The first-order valence-corrected chi connectivity index (χ1v) is 7.18. The van der Waals surface area contributed by atoms with Crippen LogP contribution in [0.1, 0.15) is 44.2 Å². The number of nitrogens with two attached hydrogens (primary N) is 1. The third-order valence-electron chi connectivity index (χ3n) is 4.45. The van der Waals surface area contributed by atoms with E-state index in [1.54, 1.807) is 0 Å². The molecule has 1 aliphatic carbocycles. The van der Waals surface area contributed by atoms with Gasteiger partial charge in [-0.15, -0.1) is 5.10 Å². The summed E-state index contributed by atoms with van der Waals surface area (Å²) >= 11 is 0. The predicted molar refractivity (Wildman–Crippen MR) is 72.2 cm³/mol. The van der Waals surface area contributed by atoms with Crippen LogP contribution in [0, 0.1) is 5.92 Å². The van der Waals surface area contributed by atoms with Crippen molar-refractivity contribution in [3.05, 3.63) is 17.8 Å². The third kappa shape index (κ3) is 2.21. The monoisotopic (exact) mass is 246 g/mol. The Morgan fingerprint density at radius 1 is 1.11 bits per heavy atom. The van der Waals surface area contributed by atoms with E-state index in [2.05, 4.69) is 21.2 Å². The molecule has 1 aromatic heterocycles. The molecule has 1 saturated heterocycles. The quantitative estimate of drug-likeness (QED) is 0.868. The average Bonchev–Trinajstić information content (AvgIpc) is 2.47. The van der Waals surface area contributed by atoms with Gasteiger partial charge in [0.05, 0.1) is 5.69 Å². The fourth-order valence-corrected chi connectivity index (χ4v) is 3.52. The zero-order chi connectivity index (χ0) is 12.4. The number of fused-ring (bicyclic) bond motifs is 1. The molecule has 0 unspecified atom stereocenters. The summed E-state index contributed by atoms with van der Waals surface area (Å²) in [6, 6.07) is 4.80. The van der Waals surface area contributed by atoms with Crippen molar-refractivity contribution in [3.63, 3.8) is 0 Å². The molecule has 2 heterocycles. The smallest absolute Gasteiger partial charge is 0.151 e. The van der Waals surface area contributed by atoms with E-state index in [0.29, 0.717) is 12.6 Å². The van der Waals surface area contributed by atoms with Crippen molar-refractivity contribution in [2.24, 2.45) is 11.7 Å². The lowest BCUT2D eigenvalue weighted by Gasteiger charge is -2.44. The molecule has 2 aliphatic rings. The lowest BCUT2D eigenvalue weighted by molar-refractivity contribution is 0.242. The van der Waals surface area contributed by atoms with Gasteiger partial charge in [0, 0.05) is 19.1 Å². The molecule has 3 rings (SSSR count). The van der Waals surface area contributed by atoms with Crippen LogP contribution in [0.3, 0.4) is 0 Å². The van der Waals surface area contributed by atoms with Gasteiger partial charge >= 0.3 is 0 Å². The van der Waals surface area contributed by atoms with Crippen LogP contribution in [-0.2, 0) is 6.54 Å². The molecule has 0 radical (unpaired) electrons. The molecule has 0 amide bonds. The van der Waals surface area contributed by atoms with Crippen molar-refractivity contribution in [2.45, 2.75) is 51.1 Å². The molecule has 0 bridgehead atoms. The van der Waals surface area contributed by atoms with Gasteiger partial charge in [0.25, 0.3) is 0 Å². The predicted octanol–water partition coefficient (Wildman–Crippen LogP) is 2.09. The highest BCUT2D eigenvalue weighted by molar-refractivity contribution is 5.40. The van der Waals surface area contributed by atoms with Gasteiger partial charge in [-0.25, -0.2) is 0 Å². The Labute approximate surface area is 109 Å². The van der Waals surface area contributed by atoms with Crippen LogP contribution in [0.15, 0.2) is 12.1 Å². The number of hydrogen-bond acceptors (Lipinski definition) is 4. The van der Waals surface area contributed by atoms with Crippen molar-refractivity contribution < 1.29 is 0 Å². The Balaban J connectivity index is 1.80. The van der Waals surface area contributed by atoms with Crippen LogP contribution in [0.4, 0.5) is 5.82 Å². The topological polar surface area (TPSA) is 55.0 Å². The molecule has 2 N–H and O–H groups in total. The summed E-state index contributed by atoms with van der Waals surface area (Å²) in [5.41, 5.74) is 6.44. The molecule has 2 fully saturated rings. The molecular formula is C14H22N4. The fourth-order valence-electron chi connectivity index (χ4n) is 3.52. The Hall–Kier alpha value is -1.16. The Morgan fingerprint density at radius 3 is 2.72 bits per heavy atom. The largest absolute Gasteiger partial charge is 0.352 e. The van der Waals surface area contributed by atoms with Gasteiger partial charge in [0.1, 0.15) is 0 Å². The number of hydrogen-bond donors (Lipinski definition) is 1. The van der Waals surface area contributed by atoms with Gasteiger partial charge in [-0.3, -0.25) is 0 Å². The summed E-state index contributed by atoms with van der Waals surface area (Å²) in [6.45, 7) is 1.61. The van der Waals surface area contributed by atoms with Gasteiger partial charge in [0.2, 0.25) is 0 Å².